The number of benzene rings is 1. The summed E-state index contributed by atoms with van der Waals surface area (Å²) in [6.07, 6.45) is -0.279. The molecule has 1 nitrogen and oxygen atoms in total. The monoisotopic (exact) mass is 259 g/mol. The minimum Gasteiger partial charge on any atom is -0.312 e. The summed E-state index contributed by atoms with van der Waals surface area (Å²) in [6.45, 7) is 3.89. The molecule has 1 N–H and O–H groups in total. The molecule has 0 spiro atoms. The Kier molecular flexibility index (Phi) is 6.52. The lowest BCUT2D eigenvalue weighted by Gasteiger charge is -2.11. The van der Waals surface area contributed by atoms with Gasteiger partial charge in [-0.1, -0.05) is 31.2 Å². The van der Waals surface area contributed by atoms with E-state index in [1.165, 1.54) is 12.1 Å². The Morgan fingerprint density at radius 1 is 1.24 bits per heavy atom. The van der Waals surface area contributed by atoms with Crippen molar-refractivity contribution in [2.75, 3.05) is 18.6 Å². The summed E-state index contributed by atoms with van der Waals surface area (Å²) in [5.74, 6) is 1.77. The largest absolute Gasteiger partial charge is 0.312 e. The Hall–Kier alpha value is -0.610. The normalized spacial score (nSPS) is 13.0. The lowest BCUT2D eigenvalue weighted by molar-refractivity contribution is 0.151. The van der Waals surface area contributed by atoms with Gasteiger partial charge in [0.15, 0.2) is 0 Å². The minimum atomic E-state index is -2.38. The third kappa shape index (κ3) is 5.50. The molecule has 4 heteroatoms. The summed E-state index contributed by atoms with van der Waals surface area (Å²) < 4.78 is 24.6. The van der Waals surface area contributed by atoms with Crippen molar-refractivity contribution in [3.05, 3.63) is 35.4 Å². The first-order valence-electron chi connectivity index (χ1n) is 5.70. The van der Waals surface area contributed by atoms with Crippen LogP contribution in [0, 0.1) is 5.92 Å². The van der Waals surface area contributed by atoms with Crippen LogP contribution in [0.1, 0.15) is 24.5 Å². The number of rotatable bonds is 7. The van der Waals surface area contributed by atoms with Crippen LogP contribution < -0.4 is 5.32 Å². The second kappa shape index (κ2) is 7.67. The molecule has 0 aromatic heterocycles. The number of halogens is 2. The number of hydrogen-bond acceptors (Lipinski definition) is 2. The van der Waals surface area contributed by atoms with Gasteiger partial charge in [0.25, 0.3) is 6.43 Å². The fourth-order valence-electron chi connectivity index (χ4n) is 1.59. The molecule has 0 heterocycles. The van der Waals surface area contributed by atoms with Crippen LogP contribution in [0.4, 0.5) is 8.78 Å². The molecule has 0 saturated heterocycles. The van der Waals surface area contributed by atoms with E-state index in [1.807, 2.05) is 11.8 Å². The topological polar surface area (TPSA) is 12.0 Å². The second-order valence-corrected chi connectivity index (χ2v) is 5.14. The van der Waals surface area contributed by atoms with Crippen LogP contribution in [0.5, 0.6) is 0 Å². The van der Waals surface area contributed by atoms with E-state index in [1.54, 1.807) is 12.1 Å². The molecule has 1 unspecified atom stereocenters. The van der Waals surface area contributed by atoms with Crippen molar-refractivity contribution in [2.45, 2.75) is 19.9 Å². The van der Waals surface area contributed by atoms with E-state index in [-0.39, 0.29) is 5.56 Å². The quantitative estimate of drug-likeness (QED) is 0.801. The molecular weight excluding hydrogens is 240 g/mol. The van der Waals surface area contributed by atoms with Crippen LogP contribution in [0.25, 0.3) is 0 Å². The molecule has 1 atom stereocenters. The van der Waals surface area contributed by atoms with Gasteiger partial charge in [-0.05, 0) is 30.0 Å². The average Bonchev–Trinajstić information content (AvgIpc) is 2.30. The Balaban J connectivity index is 2.32. The van der Waals surface area contributed by atoms with Crippen LogP contribution >= 0.6 is 11.8 Å². The van der Waals surface area contributed by atoms with E-state index in [0.29, 0.717) is 5.92 Å². The first-order chi connectivity index (χ1) is 8.13. The van der Waals surface area contributed by atoms with Crippen LogP contribution in [0.2, 0.25) is 0 Å². The maximum Gasteiger partial charge on any atom is 0.263 e. The highest BCUT2D eigenvalue weighted by atomic mass is 32.2. The van der Waals surface area contributed by atoms with Crippen molar-refractivity contribution in [1.29, 1.82) is 0 Å². The standard InChI is InChI=1S/C13H19F2NS/c1-10(9-17-2)7-16-8-11-3-5-12(6-4-11)13(14)15/h3-6,10,13,16H,7-9H2,1-2H3. The Labute approximate surface area is 106 Å². The molecular formula is C13H19F2NS. The molecule has 0 amide bonds. The summed E-state index contributed by atoms with van der Waals surface area (Å²) in [7, 11) is 0. The van der Waals surface area contributed by atoms with Crippen LogP contribution in [-0.4, -0.2) is 18.6 Å². The molecule has 0 fully saturated rings. The summed E-state index contributed by atoms with van der Waals surface area (Å²) in [5, 5.41) is 3.33. The lowest BCUT2D eigenvalue weighted by atomic mass is 10.1. The zero-order valence-corrected chi connectivity index (χ0v) is 11.1. The van der Waals surface area contributed by atoms with Gasteiger partial charge in [-0.25, -0.2) is 8.78 Å². The van der Waals surface area contributed by atoms with Crippen LogP contribution in [-0.2, 0) is 6.54 Å². The van der Waals surface area contributed by atoms with Crippen molar-refractivity contribution in [3.8, 4) is 0 Å². The van der Waals surface area contributed by atoms with Gasteiger partial charge in [0.2, 0.25) is 0 Å². The fraction of sp³-hybridized carbons (Fsp3) is 0.538. The smallest absolute Gasteiger partial charge is 0.263 e. The van der Waals surface area contributed by atoms with Crippen molar-refractivity contribution in [2.24, 2.45) is 5.92 Å². The van der Waals surface area contributed by atoms with Gasteiger partial charge in [0.1, 0.15) is 0 Å². The van der Waals surface area contributed by atoms with E-state index in [2.05, 4.69) is 18.5 Å². The highest BCUT2D eigenvalue weighted by Gasteiger charge is 2.05. The van der Waals surface area contributed by atoms with Crippen molar-refractivity contribution in [3.63, 3.8) is 0 Å². The summed E-state index contributed by atoms with van der Waals surface area (Å²) in [4.78, 5) is 0. The molecule has 0 aliphatic heterocycles. The zero-order chi connectivity index (χ0) is 12.7. The van der Waals surface area contributed by atoms with E-state index in [9.17, 15) is 8.78 Å². The minimum absolute atomic E-state index is 0.0875. The molecule has 0 aliphatic rings. The van der Waals surface area contributed by atoms with Crippen molar-refractivity contribution >= 4 is 11.8 Å². The molecule has 1 aromatic carbocycles. The van der Waals surface area contributed by atoms with Crippen LogP contribution in [0.3, 0.4) is 0 Å². The number of hydrogen-bond donors (Lipinski definition) is 1. The van der Waals surface area contributed by atoms with Gasteiger partial charge in [-0.3, -0.25) is 0 Å². The van der Waals surface area contributed by atoms with Gasteiger partial charge in [-0.15, -0.1) is 0 Å². The molecule has 1 aromatic rings. The lowest BCUT2D eigenvalue weighted by Crippen LogP contribution is -2.21. The molecule has 1 rings (SSSR count). The maximum atomic E-state index is 12.3. The van der Waals surface area contributed by atoms with Gasteiger partial charge in [0.05, 0.1) is 0 Å². The third-order valence-electron chi connectivity index (χ3n) is 2.50. The first kappa shape index (κ1) is 14.5. The predicted molar refractivity (Wildman–Crippen MR) is 70.7 cm³/mol. The summed E-state index contributed by atoms with van der Waals surface area (Å²) in [6, 6.07) is 6.50. The van der Waals surface area contributed by atoms with E-state index in [0.717, 1.165) is 24.4 Å². The molecule has 0 aliphatic carbocycles. The maximum absolute atomic E-state index is 12.3. The predicted octanol–water partition coefficient (Wildman–Crippen LogP) is 3.71. The third-order valence-corrected chi connectivity index (χ3v) is 3.41. The SMILES string of the molecule is CSCC(C)CNCc1ccc(C(F)F)cc1. The first-order valence-corrected chi connectivity index (χ1v) is 7.09. The highest BCUT2D eigenvalue weighted by molar-refractivity contribution is 7.98. The van der Waals surface area contributed by atoms with Crippen LogP contribution in [0.15, 0.2) is 24.3 Å². The Bertz CT molecular complexity index is 314. The van der Waals surface area contributed by atoms with Gasteiger partial charge >= 0.3 is 0 Å². The van der Waals surface area contributed by atoms with E-state index < -0.39 is 6.43 Å². The molecule has 0 radical (unpaired) electrons. The average molecular weight is 259 g/mol. The van der Waals surface area contributed by atoms with E-state index in [4.69, 9.17) is 0 Å². The molecule has 0 bridgehead atoms. The number of thioether (sulfide) groups is 1. The van der Waals surface area contributed by atoms with Gasteiger partial charge in [-0.2, -0.15) is 11.8 Å². The fourth-order valence-corrected chi connectivity index (χ4v) is 2.27. The van der Waals surface area contributed by atoms with Crippen molar-refractivity contribution < 1.29 is 8.78 Å². The zero-order valence-electron chi connectivity index (χ0n) is 10.2. The highest BCUT2D eigenvalue weighted by Crippen LogP contribution is 2.18. The molecule has 0 saturated carbocycles. The van der Waals surface area contributed by atoms with Crippen molar-refractivity contribution in [1.82, 2.24) is 5.32 Å². The Morgan fingerprint density at radius 3 is 2.41 bits per heavy atom. The Morgan fingerprint density at radius 2 is 1.88 bits per heavy atom. The summed E-state index contributed by atoms with van der Waals surface area (Å²) in [5.41, 5.74) is 1.13. The molecule has 96 valence electrons. The van der Waals surface area contributed by atoms with Gasteiger partial charge < -0.3 is 5.32 Å². The van der Waals surface area contributed by atoms with E-state index >= 15 is 0 Å². The number of alkyl halides is 2. The summed E-state index contributed by atoms with van der Waals surface area (Å²) >= 11 is 1.84. The molecule has 17 heavy (non-hydrogen) atoms. The second-order valence-electron chi connectivity index (χ2n) is 4.23. The van der Waals surface area contributed by atoms with Gasteiger partial charge in [0, 0.05) is 12.1 Å². The number of nitrogens with one attached hydrogen (secondary N) is 1.